The van der Waals surface area contributed by atoms with E-state index < -0.39 is 0 Å². The molecule has 1 heterocycles. The van der Waals surface area contributed by atoms with Gasteiger partial charge in [-0.25, -0.2) is 4.98 Å². The first-order chi connectivity index (χ1) is 8.28. The van der Waals surface area contributed by atoms with E-state index in [1.54, 1.807) is 26.4 Å². The van der Waals surface area contributed by atoms with Crippen LogP contribution in [0.1, 0.15) is 5.69 Å². The molecule has 1 aromatic heterocycles. The van der Waals surface area contributed by atoms with Gasteiger partial charge in [-0.15, -0.1) is 0 Å². The molecule has 0 unspecified atom stereocenters. The highest BCUT2D eigenvalue weighted by Gasteiger charge is 2.08. The zero-order chi connectivity index (χ0) is 12.3. The number of nitrogens with zero attached hydrogens (tertiary/aromatic N) is 2. The van der Waals surface area contributed by atoms with Crippen molar-refractivity contribution in [1.29, 1.82) is 5.26 Å². The van der Waals surface area contributed by atoms with E-state index >= 15 is 0 Å². The van der Waals surface area contributed by atoms with Crippen molar-refractivity contribution in [2.75, 3.05) is 14.2 Å². The predicted octanol–water partition coefficient (Wildman–Crippen LogP) is 1.97. The molecule has 2 aromatic rings. The van der Waals surface area contributed by atoms with Crippen molar-refractivity contribution in [3.63, 3.8) is 0 Å². The van der Waals surface area contributed by atoms with Crippen LogP contribution in [0.4, 0.5) is 0 Å². The van der Waals surface area contributed by atoms with E-state index in [1.165, 1.54) is 6.20 Å². The van der Waals surface area contributed by atoms with E-state index in [9.17, 15) is 0 Å². The third kappa shape index (κ3) is 2.06. The normalized spacial score (nSPS) is 9.71. The van der Waals surface area contributed by atoms with E-state index in [0.29, 0.717) is 23.0 Å². The van der Waals surface area contributed by atoms with E-state index in [1.807, 2.05) is 12.1 Å². The summed E-state index contributed by atoms with van der Waals surface area (Å²) in [6.45, 7) is 0. The molecule has 0 aliphatic carbocycles. The third-order valence-electron chi connectivity index (χ3n) is 2.35. The van der Waals surface area contributed by atoms with Crippen LogP contribution in [0, 0.1) is 11.3 Å². The number of hydrogen-bond acceptors (Lipinski definition) is 4. The Morgan fingerprint density at radius 1 is 1.24 bits per heavy atom. The predicted molar refractivity (Wildman–Crippen MR) is 61.8 cm³/mol. The number of ether oxygens (including phenoxy) is 2. The summed E-state index contributed by atoms with van der Waals surface area (Å²) in [5, 5.41) is 8.71. The maximum absolute atomic E-state index is 8.71. The summed E-state index contributed by atoms with van der Waals surface area (Å²) in [6, 6.07) is 7.44. The van der Waals surface area contributed by atoms with Gasteiger partial charge in [-0.1, -0.05) is 0 Å². The van der Waals surface area contributed by atoms with Crippen molar-refractivity contribution >= 4 is 0 Å². The Balaban J connectivity index is 2.43. The Kier molecular flexibility index (Phi) is 2.97. The van der Waals surface area contributed by atoms with Gasteiger partial charge >= 0.3 is 0 Å². The zero-order valence-electron chi connectivity index (χ0n) is 9.52. The van der Waals surface area contributed by atoms with Gasteiger partial charge in [-0.3, -0.25) is 0 Å². The lowest BCUT2D eigenvalue weighted by atomic mass is 10.2. The summed E-state index contributed by atoms with van der Waals surface area (Å²) < 4.78 is 10.3. The molecule has 0 radical (unpaired) electrons. The highest BCUT2D eigenvalue weighted by molar-refractivity contribution is 5.61. The summed E-state index contributed by atoms with van der Waals surface area (Å²) in [5.74, 6) is 1.91. The fourth-order valence-electron chi connectivity index (χ4n) is 1.51. The van der Waals surface area contributed by atoms with Crippen molar-refractivity contribution in [1.82, 2.24) is 9.97 Å². The molecular weight excluding hydrogens is 218 g/mol. The topological polar surface area (TPSA) is 70.9 Å². The number of benzene rings is 1. The molecule has 0 bridgehead atoms. The Morgan fingerprint density at radius 2 is 2.00 bits per heavy atom. The van der Waals surface area contributed by atoms with Crippen LogP contribution in [0.5, 0.6) is 11.5 Å². The van der Waals surface area contributed by atoms with Gasteiger partial charge in [0.2, 0.25) is 0 Å². The Morgan fingerprint density at radius 3 is 2.59 bits per heavy atom. The second kappa shape index (κ2) is 4.58. The first-order valence-electron chi connectivity index (χ1n) is 4.96. The quantitative estimate of drug-likeness (QED) is 0.873. The molecule has 0 aliphatic rings. The lowest BCUT2D eigenvalue weighted by molar-refractivity contribution is 0.355. The SMILES string of the molecule is COc1ccc(-c2ncc(C#N)[nH]2)cc1OC. The Bertz CT molecular complexity index is 569. The van der Waals surface area contributed by atoms with Crippen LogP contribution < -0.4 is 9.47 Å². The molecule has 1 aromatic carbocycles. The van der Waals surface area contributed by atoms with Gasteiger partial charge in [0.25, 0.3) is 0 Å². The molecule has 5 nitrogen and oxygen atoms in total. The average molecular weight is 229 g/mol. The molecule has 1 N–H and O–H groups in total. The summed E-state index contributed by atoms with van der Waals surface area (Å²) in [4.78, 5) is 7.01. The number of nitriles is 1. The maximum atomic E-state index is 8.71. The molecule has 0 spiro atoms. The van der Waals surface area contributed by atoms with Gasteiger partial charge in [0, 0.05) is 5.56 Å². The smallest absolute Gasteiger partial charge is 0.161 e. The summed E-state index contributed by atoms with van der Waals surface area (Å²) in [5.41, 5.74) is 1.26. The number of aromatic amines is 1. The summed E-state index contributed by atoms with van der Waals surface area (Å²) in [6.07, 6.45) is 1.49. The highest BCUT2D eigenvalue weighted by atomic mass is 16.5. The number of H-pyrrole nitrogens is 1. The number of imidazole rings is 1. The largest absolute Gasteiger partial charge is 0.493 e. The number of nitrogens with one attached hydrogen (secondary N) is 1. The van der Waals surface area contributed by atoms with Crippen LogP contribution in [0.2, 0.25) is 0 Å². The molecule has 0 saturated heterocycles. The fraction of sp³-hybridized carbons (Fsp3) is 0.167. The highest BCUT2D eigenvalue weighted by Crippen LogP contribution is 2.30. The summed E-state index contributed by atoms with van der Waals surface area (Å²) in [7, 11) is 3.16. The van der Waals surface area contributed by atoms with Gasteiger partial charge in [0.05, 0.1) is 20.4 Å². The average Bonchev–Trinajstić information content (AvgIpc) is 2.86. The lowest BCUT2D eigenvalue weighted by Gasteiger charge is -2.08. The second-order valence-electron chi connectivity index (χ2n) is 3.33. The van der Waals surface area contributed by atoms with Gasteiger partial charge in [0.15, 0.2) is 11.5 Å². The van der Waals surface area contributed by atoms with Gasteiger partial charge in [-0.2, -0.15) is 5.26 Å². The molecule has 86 valence electrons. The number of aromatic nitrogens is 2. The molecule has 5 heteroatoms. The van der Waals surface area contributed by atoms with Crippen LogP contribution in [0.25, 0.3) is 11.4 Å². The second-order valence-corrected chi connectivity index (χ2v) is 3.33. The molecule has 0 aliphatic heterocycles. The lowest BCUT2D eigenvalue weighted by Crippen LogP contribution is -1.91. The van der Waals surface area contributed by atoms with Gasteiger partial charge in [0.1, 0.15) is 17.6 Å². The number of methoxy groups -OCH3 is 2. The molecule has 0 amide bonds. The van der Waals surface area contributed by atoms with Crippen molar-refractivity contribution in [3.8, 4) is 29.0 Å². The molecule has 0 fully saturated rings. The first kappa shape index (κ1) is 11.0. The number of rotatable bonds is 3. The minimum Gasteiger partial charge on any atom is -0.493 e. The van der Waals surface area contributed by atoms with Gasteiger partial charge < -0.3 is 14.5 Å². The maximum Gasteiger partial charge on any atom is 0.161 e. The minimum atomic E-state index is 0.426. The molecule has 0 saturated carbocycles. The van der Waals surface area contributed by atoms with Crippen LogP contribution in [-0.2, 0) is 0 Å². The number of hydrogen-bond donors (Lipinski definition) is 1. The molecular formula is C12H11N3O2. The van der Waals surface area contributed by atoms with Crippen molar-refractivity contribution in [3.05, 3.63) is 30.1 Å². The van der Waals surface area contributed by atoms with Crippen molar-refractivity contribution < 1.29 is 9.47 Å². The van der Waals surface area contributed by atoms with Crippen molar-refractivity contribution in [2.24, 2.45) is 0 Å². The Hall–Kier alpha value is -2.48. The molecule has 0 atom stereocenters. The van der Waals surface area contributed by atoms with Crippen LogP contribution in [0.15, 0.2) is 24.4 Å². The molecule has 17 heavy (non-hydrogen) atoms. The third-order valence-corrected chi connectivity index (χ3v) is 2.35. The monoisotopic (exact) mass is 229 g/mol. The van der Waals surface area contributed by atoms with Crippen LogP contribution >= 0.6 is 0 Å². The van der Waals surface area contributed by atoms with E-state index in [-0.39, 0.29) is 0 Å². The van der Waals surface area contributed by atoms with Crippen LogP contribution in [0.3, 0.4) is 0 Å². The zero-order valence-corrected chi connectivity index (χ0v) is 9.52. The standard InChI is InChI=1S/C12H11N3O2/c1-16-10-4-3-8(5-11(10)17-2)12-14-7-9(6-13)15-12/h3-5,7H,1-2H3,(H,14,15). The van der Waals surface area contributed by atoms with Gasteiger partial charge in [-0.05, 0) is 18.2 Å². The minimum absolute atomic E-state index is 0.426. The van der Waals surface area contributed by atoms with Crippen LogP contribution in [-0.4, -0.2) is 24.2 Å². The first-order valence-corrected chi connectivity index (χ1v) is 4.96. The molecule has 2 rings (SSSR count). The van der Waals surface area contributed by atoms with Crippen molar-refractivity contribution in [2.45, 2.75) is 0 Å². The van der Waals surface area contributed by atoms with E-state index in [0.717, 1.165) is 5.56 Å². The summed E-state index contributed by atoms with van der Waals surface area (Å²) >= 11 is 0. The van der Waals surface area contributed by atoms with E-state index in [2.05, 4.69) is 9.97 Å². The Labute approximate surface area is 98.6 Å². The van der Waals surface area contributed by atoms with E-state index in [4.69, 9.17) is 14.7 Å². The fourth-order valence-corrected chi connectivity index (χ4v) is 1.51.